The highest BCUT2D eigenvalue weighted by Crippen LogP contribution is 2.34. The molecule has 0 saturated carbocycles. The molecule has 3 N–H and O–H groups in total. The zero-order valence-corrected chi connectivity index (χ0v) is 24.8. The summed E-state index contributed by atoms with van der Waals surface area (Å²) >= 11 is 13.8. The minimum atomic E-state index is -3.77. The maximum Gasteiger partial charge on any atom is 0.261 e. The number of hydrogen-bond donors (Lipinski definition) is 3. The Morgan fingerprint density at radius 1 is 0.976 bits per heavy atom. The number of rotatable bonds is 11. The number of benzene rings is 3. The first-order chi connectivity index (χ1) is 19.8. The van der Waals surface area contributed by atoms with Gasteiger partial charge in [0, 0.05) is 51.7 Å². The first kappa shape index (κ1) is 29.2. The Hall–Kier alpha value is -3.31. The van der Waals surface area contributed by atoms with E-state index < -0.39 is 16.1 Å². The normalized spacial score (nSPS) is 12.3. The third kappa shape index (κ3) is 7.51. The van der Waals surface area contributed by atoms with E-state index in [4.69, 9.17) is 23.2 Å². The number of aliphatic hydroxyl groups is 1. The van der Waals surface area contributed by atoms with E-state index in [1.54, 1.807) is 67.0 Å². The van der Waals surface area contributed by atoms with E-state index in [1.165, 1.54) is 11.3 Å². The van der Waals surface area contributed by atoms with Gasteiger partial charge in [-0.15, -0.1) is 11.3 Å². The maximum absolute atomic E-state index is 13.0. The van der Waals surface area contributed by atoms with Crippen molar-refractivity contribution in [3.63, 3.8) is 0 Å². The quantitative estimate of drug-likeness (QED) is 0.139. The zero-order chi connectivity index (χ0) is 28.8. The summed E-state index contributed by atoms with van der Waals surface area (Å²) in [6.07, 6.45) is 3.43. The molecule has 210 valence electrons. The number of nitrogens with one attached hydrogen (secondary N) is 2. The summed E-state index contributed by atoms with van der Waals surface area (Å²) in [4.78, 5) is 8.84. The van der Waals surface area contributed by atoms with Crippen molar-refractivity contribution in [2.45, 2.75) is 17.4 Å². The molecule has 0 aliphatic carbocycles. The van der Waals surface area contributed by atoms with Crippen LogP contribution >= 0.6 is 34.5 Å². The molecule has 1 unspecified atom stereocenters. The monoisotopic (exact) mass is 624 g/mol. The third-order valence-corrected chi connectivity index (χ3v) is 9.16. The van der Waals surface area contributed by atoms with Gasteiger partial charge in [-0.1, -0.05) is 53.5 Å². The van der Waals surface area contributed by atoms with E-state index in [1.807, 2.05) is 29.6 Å². The first-order valence-corrected chi connectivity index (χ1v) is 15.8. The summed E-state index contributed by atoms with van der Waals surface area (Å²) in [6, 6.07) is 22.7. The molecule has 5 rings (SSSR count). The van der Waals surface area contributed by atoms with Crippen molar-refractivity contribution < 1.29 is 13.5 Å². The van der Waals surface area contributed by atoms with Gasteiger partial charge in [0.1, 0.15) is 5.01 Å². The molecule has 2 aromatic heterocycles. The first-order valence-electron chi connectivity index (χ1n) is 12.7. The molecule has 0 spiro atoms. The fourth-order valence-corrected chi connectivity index (χ4v) is 6.51. The second-order valence-electron chi connectivity index (χ2n) is 9.25. The van der Waals surface area contributed by atoms with Gasteiger partial charge in [0.15, 0.2) is 0 Å². The van der Waals surface area contributed by atoms with Gasteiger partial charge in [-0.25, -0.2) is 13.4 Å². The van der Waals surface area contributed by atoms with Crippen molar-refractivity contribution in [1.29, 1.82) is 0 Å². The van der Waals surface area contributed by atoms with Crippen molar-refractivity contribution in [3.05, 3.63) is 118 Å². The summed E-state index contributed by atoms with van der Waals surface area (Å²) in [6.45, 7) is 1.09. The predicted octanol–water partition coefficient (Wildman–Crippen LogP) is 6.85. The van der Waals surface area contributed by atoms with E-state index >= 15 is 0 Å². The number of aliphatic hydroxyl groups excluding tert-OH is 1. The van der Waals surface area contributed by atoms with E-state index in [0.29, 0.717) is 28.8 Å². The number of aromatic nitrogens is 2. The number of thiazole rings is 1. The summed E-state index contributed by atoms with van der Waals surface area (Å²) in [5.74, 6) is 0. The predicted molar refractivity (Wildman–Crippen MR) is 166 cm³/mol. The fourth-order valence-electron chi connectivity index (χ4n) is 4.12. The smallest absolute Gasteiger partial charge is 0.261 e. The molecular formula is C30H26Cl2N4O3S2. The number of pyridine rings is 1. The molecule has 0 fully saturated rings. The van der Waals surface area contributed by atoms with Crippen molar-refractivity contribution in [3.8, 4) is 21.8 Å². The summed E-state index contributed by atoms with van der Waals surface area (Å²) in [5, 5.41) is 17.2. The molecule has 5 aromatic rings. The Labute approximate surface area is 252 Å². The average Bonchev–Trinajstić information content (AvgIpc) is 3.46. The molecule has 0 aliphatic heterocycles. The minimum Gasteiger partial charge on any atom is -0.387 e. The Bertz CT molecular complexity index is 1710. The summed E-state index contributed by atoms with van der Waals surface area (Å²) in [7, 11) is -3.77. The number of sulfonamides is 1. The van der Waals surface area contributed by atoms with Gasteiger partial charge in [-0.05, 0) is 67.1 Å². The van der Waals surface area contributed by atoms with Crippen molar-refractivity contribution in [2.75, 3.05) is 17.8 Å². The van der Waals surface area contributed by atoms with E-state index in [-0.39, 0.29) is 4.90 Å². The highest BCUT2D eigenvalue weighted by molar-refractivity contribution is 7.92. The van der Waals surface area contributed by atoms with Crippen LogP contribution < -0.4 is 10.0 Å². The molecule has 0 amide bonds. The molecule has 0 aliphatic rings. The number of anilines is 1. The van der Waals surface area contributed by atoms with Crippen LogP contribution in [-0.2, 0) is 16.4 Å². The third-order valence-electron chi connectivity index (χ3n) is 6.33. The van der Waals surface area contributed by atoms with Crippen LogP contribution in [0.3, 0.4) is 0 Å². The van der Waals surface area contributed by atoms with Crippen molar-refractivity contribution in [1.82, 2.24) is 15.3 Å². The highest BCUT2D eigenvalue weighted by atomic mass is 35.5. The van der Waals surface area contributed by atoms with E-state index in [0.717, 1.165) is 39.4 Å². The summed E-state index contributed by atoms with van der Waals surface area (Å²) in [5.41, 5.74) is 4.60. The lowest BCUT2D eigenvalue weighted by Crippen LogP contribution is -2.23. The van der Waals surface area contributed by atoms with E-state index in [9.17, 15) is 13.5 Å². The molecular weight excluding hydrogens is 599 g/mol. The van der Waals surface area contributed by atoms with Gasteiger partial charge in [0.05, 0.1) is 21.7 Å². The van der Waals surface area contributed by atoms with Crippen LogP contribution in [0, 0.1) is 0 Å². The van der Waals surface area contributed by atoms with Crippen LogP contribution in [0.25, 0.3) is 21.8 Å². The topological polar surface area (TPSA) is 104 Å². The van der Waals surface area contributed by atoms with Gasteiger partial charge in [-0.3, -0.25) is 9.71 Å². The van der Waals surface area contributed by atoms with Gasteiger partial charge in [-0.2, -0.15) is 0 Å². The molecule has 2 heterocycles. The van der Waals surface area contributed by atoms with Crippen LogP contribution in [-0.4, -0.2) is 36.6 Å². The van der Waals surface area contributed by atoms with Gasteiger partial charge < -0.3 is 10.4 Å². The maximum atomic E-state index is 13.0. The molecule has 11 heteroatoms. The molecule has 1 atom stereocenters. The number of nitrogens with zero attached hydrogens (tertiary/aromatic N) is 2. The van der Waals surface area contributed by atoms with Crippen molar-refractivity contribution in [2.24, 2.45) is 0 Å². The Morgan fingerprint density at radius 2 is 1.76 bits per heavy atom. The molecule has 7 nitrogen and oxygen atoms in total. The highest BCUT2D eigenvalue weighted by Gasteiger charge is 2.16. The second-order valence-corrected chi connectivity index (χ2v) is 12.6. The molecule has 0 radical (unpaired) electrons. The standard InChI is InChI=1S/C30H26Cl2N4O3S2/c31-23-7-12-26(27(32)16-23)28-19-40-30(35-28)21-5-10-25(11-6-21)41(38,39)36-24-8-3-20(4-9-24)13-15-34-18-29(37)22-2-1-14-33-17-22/h1-12,14,16-17,19,29,34,36-37H,13,15,18H2. The average molecular weight is 626 g/mol. The molecule has 41 heavy (non-hydrogen) atoms. The van der Waals surface area contributed by atoms with Gasteiger partial charge in [0.2, 0.25) is 0 Å². The van der Waals surface area contributed by atoms with Crippen LogP contribution in [0.4, 0.5) is 5.69 Å². The van der Waals surface area contributed by atoms with Crippen LogP contribution in [0.15, 0.2) is 102 Å². The van der Waals surface area contributed by atoms with Gasteiger partial charge in [0.25, 0.3) is 10.0 Å². The number of halogens is 2. The van der Waals surface area contributed by atoms with E-state index in [2.05, 4.69) is 20.0 Å². The fraction of sp³-hybridized carbons (Fsp3) is 0.133. The second kappa shape index (κ2) is 13.1. The lowest BCUT2D eigenvalue weighted by atomic mass is 10.1. The molecule has 0 bridgehead atoms. The van der Waals surface area contributed by atoms with Crippen molar-refractivity contribution >= 4 is 50.2 Å². The van der Waals surface area contributed by atoms with Crippen LogP contribution in [0.2, 0.25) is 10.0 Å². The lowest BCUT2D eigenvalue weighted by Gasteiger charge is -2.12. The largest absolute Gasteiger partial charge is 0.387 e. The van der Waals surface area contributed by atoms with Gasteiger partial charge >= 0.3 is 0 Å². The Balaban J connectivity index is 1.15. The summed E-state index contributed by atoms with van der Waals surface area (Å²) < 4.78 is 28.6. The van der Waals surface area contributed by atoms with Crippen LogP contribution in [0.1, 0.15) is 17.2 Å². The SMILES string of the molecule is O=S(=O)(Nc1ccc(CCNCC(O)c2cccnc2)cc1)c1ccc(-c2nc(-c3ccc(Cl)cc3Cl)cs2)cc1. The lowest BCUT2D eigenvalue weighted by molar-refractivity contribution is 0.174. The minimum absolute atomic E-state index is 0.152. The Morgan fingerprint density at radius 3 is 2.46 bits per heavy atom. The molecule has 0 saturated heterocycles. The Kier molecular flexibility index (Phi) is 9.34. The number of hydrogen-bond acceptors (Lipinski definition) is 7. The van der Waals surface area contributed by atoms with Crippen LogP contribution in [0.5, 0.6) is 0 Å². The zero-order valence-electron chi connectivity index (χ0n) is 21.7. The molecule has 3 aromatic carbocycles.